The van der Waals surface area contributed by atoms with Crippen molar-refractivity contribution in [1.82, 2.24) is 0 Å². The summed E-state index contributed by atoms with van der Waals surface area (Å²) in [5, 5.41) is 0. The molecule has 1 nitrogen and oxygen atoms in total. The number of ketones is 1. The van der Waals surface area contributed by atoms with E-state index >= 15 is 0 Å². The van der Waals surface area contributed by atoms with Gasteiger partial charge < -0.3 is 0 Å². The Balaban J connectivity index is 2.20. The van der Waals surface area contributed by atoms with Crippen molar-refractivity contribution in [3.05, 3.63) is 34.4 Å². The molecule has 72 valence electrons. The fourth-order valence-corrected chi connectivity index (χ4v) is 2.76. The molecule has 0 fully saturated rings. The highest BCUT2D eigenvalue weighted by molar-refractivity contribution is 6.00. The van der Waals surface area contributed by atoms with Crippen LogP contribution in [0.5, 0.6) is 0 Å². The highest BCUT2D eigenvalue weighted by Crippen LogP contribution is 2.36. The van der Waals surface area contributed by atoms with E-state index in [9.17, 15) is 4.79 Å². The molecule has 0 saturated heterocycles. The number of aryl methyl sites for hydroxylation is 2. The Bertz CT molecular complexity index is 417. The summed E-state index contributed by atoms with van der Waals surface area (Å²) in [5.41, 5.74) is 5.23. The third kappa shape index (κ3) is 0.985. The number of carbonyl (C=O) groups is 1. The van der Waals surface area contributed by atoms with E-state index in [-0.39, 0.29) is 0 Å². The number of carbonyl (C=O) groups excluding carboxylic acids is 1. The molecule has 1 atom stereocenters. The first kappa shape index (κ1) is 8.22. The second-order valence-corrected chi connectivity index (χ2v) is 4.57. The molecule has 2 aliphatic carbocycles. The van der Waals surface area contributed by atoms with E-state index in [1.807, 2.05) is 0 Å². The Labute approximate surface area is 84.1 Å². The van der Waals surface area contributed by atoms with Crippen LogP contribution in [0.2, 0.25) is 0 Å². The van der Waals surface area contributed by atoms with Crippen molar-refractivity contribution in [2.75, 3.05) is 0 Å². The Morgan fingerprint density at radius 3 is 2.86 bits per heavy atom. The fraction of sp³-hybridized carbons (Fsp3) is 0.462. The maximum atomic E-state index is 11.6. The summed E-state index contributed by atoms with van der Waals surface area (Å²) in [6, 6.07) is 4.44. The summed E-state index contributed by atoms with van der Waals surface area (Å²) in [5.74, 6) is 1.01. The topological polar surface area (TPSA) is 17.1 Å². The zero-order chi connectivity index (χ0) is 9.71. The van der Waals surface area contributed by atoms with Crippen LogP contribution in [0.25, 0.3) is 0 Å². The lowest BCUT2D eigenvalue weighted by atomic mass is 9.98. The molecule has 0 heterocycles. The van der Waals surface area contributed by atoms with Crippen LogP contribution < -0.4 is 0 Å². The molecule has 1 aromatic carbocycles. The average Bonchev–Trinajstić information content (AvgIpc) is 2.71. The van der Waals surface area contributed by atoms with Gasteiger partial charge in [0.1, 0.15) is 0 Å². The Hall–Kier alpha value is -1.11. The van der Waals surface area contributed by atoms with E-state index in [0.29, 0.717) is 11.7 Å². The summed E-state index contributed by atoms with van der Waals surface area (Å²) < 4.78 is 0. The van der Waals surface area contributed by atoms with Gasteiger partial charge in [-0.1, -0.05) is 13.0 Å². The molecule has 0 N–H and O–H groups in total. The standard InChI is InChI=1S/C13H14O/c1-8-2-3-9-6-10-4-5-13(14)12(10)7-11(8)9/h6-8H,2-5H2,1H3. The average molecular weight is 186 g/mol. The Kier molecular flexibility index (Phi) is 1.58. The molecular weight excluding hydrogens is 172 g/mol. The third-order valence-corrected chi connectivity index (χ3v) is 3.66. The number of rotatable bonds is 0. The number of hydrogen-bond acceptors (Lipinski definition) is 1. The summed E-state index contributed by atoms with van der Waals surface area (Å²) in [7, 11) is 0. The summed E-state index contributed by atoms with van der Waals surface area (Å²) in [4.78, 5) is 11.6. The van der Waals surface area contributed by atoms with Crippen LogP contribution in [0.15, 0.2) is 12.1 Å². The van der Waals surface area contributed by atoms with Gasteiger partial charge >= 0.3 is 0 Å². The van der Waals surface area contributed by atoms with Crippen LogP contribution in [0.3, 0.4) is 0 Å². The molecule has 1 aromatic rings. The predicted molar refractivity (Wildman–Crippen MR) is 55.8 cm³/mol. The van der Waals surface area contributed by atoms with Crippen molar-refractivity contribution in [3.8, 4) is 0 Å². The van der Waals surface area contributed by atoms with Crippen molar-refractivity contribution in [2.45, 2.75) is 38.5 Å². The Morgan fingerprint density at radius 1 is 1.14 bits per heavy atom. The SMILES string of the molecule is CC1CCc2cc3c(cc21)C(=O)CC3. The molecule has 0 bridgehead atoms. The summed E-state index contributed by atoms with van der Waals surface area (Å²) >= 11 is 0. The minimum atomic E-state index is 0.349. The number of hydrogen-bond donors (Lipinski definition) is 0. The maximum absolute atomic E-state index is 11.6. The monoisotopic (exact) mass is 186 g/mol. The molecule has 0 aliphatic heterocycles. The van der Waals surface area contributed by atoms with Gasteiger partial charge in [0, 0.05) is 12.0 Å². The second-order valence-electron chi connectivity index (χ2n) is 4.57. The first-order valence-electron chi connectivity index (χ1n) is 5.44. The van der Waals surface area contributed by atoms with Crippen molar-refractivity contribution in [1.29, 1.82) is 0 Å². The van der Waals surface area contributed by atoms with Gasteiger partial charge in [-0.2, -0.15) is 0 Å². The van der Waals surface area contributed by atoms with Crippen LogP contribution in [-0.2, 0) is 12.8 Å². The normalized spacial score (nSPS) is 23.8. The zero-order valence-electron chi connectivity index (χ0n) is 8.47. The van der Waals surface area contributed by atoms with Crippen molar-refractivity contribution < 1.29 is 4.79 Å². The smallest absolute Gasteiger partial charge is 0.163 e. The van der Waals surface area contributed by atoms with Gasteiger partial charge in [-0.3, -0.25) is 4.79 Å². The third-order valence-electron chi connectivity index (χ3n) is 3.66. The van der Waals surface area contributed by atoms with Crippen molar-refractivity contribution in [2.24, 2.45) is 0 Å². The van der Waals surface area contributed by atoms with E-state index in [4.69, 9.17) is 0 Å². The van der Waals surface area contributed by atoms with Gasteiger partial charge in [-0.25, -0.2) is 0 Å². The lowest BCUT2D eigenvalue weighted by molar-refractivity contribution is 0.0994. The molecule has 0 spiro atoms. The van der Waals surface area contributed by atoms with Crippen LogP contribution in [0, 0.1) is 0 Å². The van der Waals surface area contributed by atoms with Crippen LogP contribution in [0.4, 0.5) is 0 Å². The van der Waals surface area contributed by atoms with Gasteiger partial charge in [0.05, 0.1) is 0 Å². The maximum Gasteiger partial charge on any atom is 0.163 e. The van der Waals surface area contributed by atoms with E-state index in [0.717, 1.165) is 18.4 Å². The van der Waals surface area contributed by atoms with Gasteiger partial charge in [-0.05, 0) is 47.9 Å². The van der Waals surface area contributed by atoms with Crippen LogP contribution in [-0.4, -0.2) is 5.78 Å². The van der Waals surface area contributed by atoms with Gasteiger partial charge in [0.25, 0.3) is 0 Å². The fourth-order valence-electron chi connectivity index (χ4n) is 2.76. The minimum absolute atomic E-state index is 0.349. The molecule has 2 aliphatic rings. The molecule has 1 unspecified atom stereocenters. The molecule has 3 rings (SSSR count). The number of Topliss-reactive ketones (excluding diaryl/α,β-unsaturated/α-hetero) is 1. The molecule has 0 radical (unpaired) electrons. The van der Waals surface area contributed by atoms with E-state index < -0.39 is 0 Å². The summed E-state index contributed by atoms with van der Waals surface area (Å²) in [6.07, 6.45) is 4.16. The quantitative estimate of drug-likeness (QED) is 0.609. The van der Waals surface area contributed by atoms with Crippen molar-refractivity contribution >= 4 is 5.78 Å². The lowest BCUT2D eigenvalue weighted by Gasteiger charge is -2.06. The van der Waals surface area contributed by atoms with Crippen LogP contribution in [0.1, 0.15) is 52.7 Å². The lowest BCUT2D eigenvalue weighted by Crippen LogP contribution is -1.95. The number of fused-ring (bicyclic) bond motifs is 2. The molecular formula is C13H14O. The summed E-state index contributed by atoms with van der Waals surface area (Å²) in [6.45, 7) is 2.26. The van der Waals surface area contributed by atoms with Gasteiger partial charge in [-0.15, -0.1) is 0 Å². The second kappa shape index (κ2) is 2.69. The highest BCUT2D eigenvalue weighted by atomic mass is 16.1. The van der Waals surface area contributed by atoms with E-state index in [2.05, 4.69) is 19.1 Å². The first-order chi connectivity index (χ1) is 6.75. The van der Waals surface area contributed by atoms with Crippen molar-refractivity contribution in [3.63, 3.8) is 0 Å². The molecule has 14 heavy (non-hydrogen) atoms. The largest absolute Gasteiger partial charge is 0.294 e. The van der Waals surface area contributed by atoms with Gasteiger partial charge in [0.2, 0.25) is 0 Å². The van der Waals surface area contributed by atoms with Crippen LogP contribution >= 0.6 is 0 Å². The number of benzene rings is 1. The van der Waals surface area contributed by atoms with Gasteiger partial charge in [0.15, 0.2) is 5.78 Å². The highest BCUT2D eigenvalue weighted by Gasteiger charge is 2.25. The molecule has 0 amide bonds. The van der Waals surface area contributed by atoms with E-state index in [1.54, 1.807) is 0 Å². The molecule has 0 saturated carbocycles. The first-order valence-corrected chi connectivity index (χ1v) is 5.44. The zero-order valence-corrected chi connectivity index (χ0v) is 8.47. The van der Waals surface area contributed by atoms with E-state index in [1.165, 1.54) is 29.5 Å². The minimum Gasteiger partial charge on any atom is -0.294 e. The predicted octanol–water partition coefficient (Wildman–Crippen LogP) is 2.87. The Morgan fingerprint density at radius 2 is 2.00 bits per heavy atom. The molecule has 1 heteroatoms. The molecule has 0 aromatic heterocycles.